The normalized spacial score (nSPS) is 26.2. The number of fused-ring (bicyclic) bond motifs is 2. The number of anilines is 1. The minimum Gasteiger partial charge on any atom is -0.352 e. The molecule has 0 amide bonds. The van der Waals surface area contributed by atoms with Crippen LogP contribution in [0.5, 0.6) is 0 Å². The minimum atomic E-state index is 0.729. The highest BCUT2D eigenvalue weighted by Crippen LogP contribution is 2.39. The van der Waals surface area contributed by atoms with Crippen molar-refractivity contribution in [3.8, 4) is 0 Å². The van der Waals surface area contributed by atoms with Gasteiger partial charge in [-0.1, -0.05) is 12.8 Å². The number of hydrogen-bond acceptors (Lipinski definition) is 4. The third-order valence-corrected chi connectivity index (χ3v) is 5.96. The lowest BCUT2D eigenvalue weighted by Gasteiger charge is -2.44. The van der Waals surface area contributed by atoms with Gasteiger partial charge < -0.3 is 10.2 Å². The molecule has 2 unspecified atom stereocenters. The lowest BCUT2D eigenvalue weighted by Crippen LogP contribution is -2.47. The zero-order valence-electron chi connectivity index (χ0n) is 12.7. The smallest absolute Gasteiger partial charge is 0.195 e. The largest absolute Gasteiger partial charge is 0.352 e. The molecule has 5 heteroatoms. The van der Waals surface area contributed by atoms with E-state index >= 15 is 0 Å². The van der Waals surface area contributed by atoms with Gasteiger partial charge in [-0.05, 0) is 38.6 Å². The number of piperidine rings is 1. The number of nitrogens with one attached hydrogen (secondary N) is 1. The van der Waals surface area contributed by atoms with E-state index in [1.54, 1.807) is 11.3 Å². The molecule has 1 aliphatic carbocycles. The Bertz CT molecular complexity index is 615. The van der Waals surface area contributed by atoms with Crippen LogP contribution in [0.1, 0.15) is 44.2 Å². The zero-order valence-corrected chi connectivity index (χ0v) is 13.5. The summed E-state index contributed by atoms with van der Waals surface area (Å²) in [4.78, 5) is 8.74. The van der Waals surface area contributed by atoms with Crippen molar-refractivity contribution in [3.05, 3.63) is 17.3 Å². The Morgan fingerprint density at radius 2 is 2.14 bits per heavy atom. The summed E-state index contributed by atoms with van der Waals surface area (Å²) < 4.78 is 2.27. The van der Waals surface area contributed by atoms with E-state index in [4.69, 9.17) is 4.98 Å². The molecule has 2 aliphatic rings. The molecule has 1 saturated carbocycles. The third kappa shape index (κ3) is 2.27. The number of rotatable bonds is 3. The van der Waals surface area contributed by atoms with Crippen molar-refractivity contribution in [2.75, 3.05) is 18.5 Å². The van der Waals surface area contributed by atoms with Crippen molar-refractivity contribution in [1.82, 2.24) is 14.7 Å². The SMILES string of the molecule is CNCc1c(N2CCCC3CCCCC32)nc2sccn12. The summed E-state index contributed by atoms with van der Waals surface area (Å²) in [6, 6.07) is 0.729. The second kappa shape index (κ2) is 5.61. The summed E-state index contributed by atoms with van der Waals surface area (Å²) in [5.74, 6) is 2.14. The van der Waals surface area contributed by atoms with Crippen LogP contribution in [0, 0.1) is 5.92 Å². The summed E-state index contributed by atoms with van der Waals surface area (Å²) in [6.45, 7) is 2.07. The van der Waals surface area contributed by atoms with E-state index < -0.39 is 0 Å². The molecule has 3 heterocycles. The molecule has 2 fully saturated rings. The maximum absolute atomic E-state index is 4.97. The van der Waals surface area contributed by atoms with Gasteiger partial charge in [-0.2, -0.15) is 0 Å². The van der Waals surface area contributed by atoms with Gasteiger partial charge in [-0.15, -0.1) is 11.3 Å². The summed E-state index contributed by atoms with van der Waals surface area (Å²) >= 11 is 1.74. The first kappa shape index (κ1) is 13.6. The van der Waals surface area contributed by atoms with Crippen molar-refractivity contribution in [1.29, 1.82) is 0 Å². The quantitative estimate of drug-likeness (QED) is 0.944. The van der Waals surface area contributed by atoms with Gasteiger partial charge in [0.05, 0.1) is 5.69 Å². The summed E-state index contributed by atoms with van der Waals surface area (Å²) in [7, 11) is 2.02. The molecule has 2 aromatic rings. The Labute approximate surface area is 130 Å². The van der Waals surface area contributed by atoms with E-state index in [2.05, 4.69) is 26.2 Å². The van der Waals surface area contributed by atoms with Gasteiger partial charge in [-0.25, -0.2) is 4.98 Å². The van der Waals surface area contributed by atoms with Gasteiger partial charge in [0.1, 0.15) is 0 Å². The third-order valence-electron chi connectivity index (χ3n) is 5.20. The Kier molecular flexibility index (Phi) is 3.63. The topological polar surface area (TPSA) is 32.6 Å². The van der Waals surface area contributed by atoms with Gasteiger partial charge in [0.2, 0.25) is 0 Å². The fourth-order valence-electron chi connectivity index (χ4n) is 4.27. The van der Waals surface area contributed by atoms with Crippen LogP contribution in [0.25, 0.3) is 4.96 Å². The number of thiazole rings is 1. The van der Waals surface area contributed by atoms with Crippen LogP contribution in [0.4, 0.5) is 5.82 Å². The molecule has 0 radical (unpaired) electrons. The van der Waals surface area contributed by atoms with Crippen LogP contribution in [0.2, 0.25) is 0 Å². The second-order valence-electron chi connectivity index (χ2n) is 6.42. The lowest BCUT2D eigenvalue weighted by atomic mass is 9.78. The van der Waals surface area contributed by atoms with E-state index in [1.807, 2.05) is 7.05 Å². The zero-order chi connectivity index (χ0) is 14.2. The Morgan fingerprint density at radius 3 is 3.05 bits per heavy atom. The van der Waals surface area contributed by atoms with E-state index in [-0.39, 0.29) is 0 Å². The summed E-state index contributed by atoms with van der Waals surface area (Å²) in [5.41, 5.74) is 1.33. The summed E-state index contributed by atoms with van der Waals surface area (Å²) in [6.07, 6.45) is 10.5. The predicted molar refractivity (Wildman–Crippen MR) is 88.2 cm³/mol. The van der Waals surface area contributed by atoms with Crippen molar-refractivity contribution in [2.24, 2.45) is 5.92 Å². The first-order chi connectivity index (χ1) is 10.4. The van der Waals surface area contributed by atoms with Gasteiger partial charge >= 0.3 is 0 Å². The molecular weight excluding hydrogens is 280 g/mol. The number of imidazole rings is 1. The minimum absolute atomic E-state index is 0.729. The highest BCUT2D eigenvalue weighted by Gasteiger charge is 2.35. The highest BCUT2D eigenvalue weighted by atomic mass is 32.1. The van der Waals surface area contributed by atoms with E-state index in [1.165, 1.54) is 56.6 Å². The average Bonchev–Trinajstić information content (AvgIpc) is 3.10. The molecular formula is C16H24N4S. The van der Waals surface area contributed by atoms with Crippen molar-refractivity contribution in [2.45, 2.75) is 51.1 Å². The molecule has 0 bridgehead atoms. The van der Waals surface area contributed by atoms with Crippen LogP contribution in [-0.4, -0.2) is 29.0 Å². The van der Waals surface area contributed by atoms with Crippen molar-refractivity contribution < 1.29 is 0 Å². The molecule has 21 heavy (non-hydrogen) atoms. The molecule has 4 nitrogen and oxygen atoms in total. The number of nitrogens with zero attached hydrogens (tertiary/aromatic N) is 3. The maximum atomic E-state index is 4.97. The number of hydrogen-bond donors (Lipinski definition) is 1. The predicted octanol–water partition coefficient (Wildman–Crippen LogP) is 3.27. The molecule has 0 spiro atoms. The molecule has 1 aliphatic heterocycles. The fourth-order valence-corrected chi connectivity index (χ4v) is 5.00. The van der Waals surface area contributed by atoms with Gasteiger partial charge in [0.15, 0.2) is 10.8 Å². The first-order valence-corrected chi connectivity index (χ1v) is 9.12. The van der Waals surface area contributed by atoms with Crippen LogP contribution in [0.15, 0.2) is 11.6 Å². The van der Waals surface area contributed by atoms with Crippen molar-refractivity contribution in [3.63, 3.8) is 0 Å². The van der Waals surface area contributed by atoms with Crippen LogP contribution in [0.3, 0.4) is 0 Å². The van der Waals surface area contributed by atoms with Crippen molar-refractivity contribution >= 4 is 22.1 Å². The van der Waals surface area contributed by atoms with Gasteiger partial charge in [-0.3, -0.25) is 4.40 Å². The molecule has 2 aromatic heterocycles. The molecule has 2 atom stereocenters. The van der Waals surface area contributed by atoms with Crippen LogP contribution >= 0.6 is 11.3 Å². The second-order valence-corrected chi connectivity index (χ2v) is 7.29. The van der Waals surface area contributed by atoms with Gasteiger partial charge in [0, 0.05) is 30.7 Å². The molecule has 1 N–H and O–H groups in total. The molecule has 114 valence electrons. The van der Waals surface area contributed by atoms with E-state index in [0.29, 0.717) is 0 Å². The van der Waals surface area contributed by atoms with Crippen LogP contribution < -0.4 is 10.2 Å². The maximum Gasteiger partial charge on any atom is 0.195 e. The first-order valence-electron chi connectivity index (χ1n) is 8.24. The van der Waals surface area contributed by atoms with E-state index in [0.717, 1.165) is 23.5 Å². The lowest BCUT2D eigenvalue weighted by molar-refractivity contribution is 0.242. The highest BCUT2D eigenvalue weighted by molar-refractivity contribution is 7.15. The molecule has 4 rings (SSSR count). The average molecular weight is 304 g/mol. The molecule has 1 saturated heterocycles. The van der Waals surface area contributed by atoms with Gasteiger partial charge in [0.25, 0.3) is 0 Å². The Balaban J connectivity index is 1.73. The summed E-state index contributed by atoms with van der Waals surface area (Å²) in [5, 5.41) is 5.45. The Hall–Kier alpha value is -1.07. The Morgan fingerprint density at radius 1 is 1.29 bits per heavy atom. The standard InChI is InChI=1S/C16H24N4S/c1-17-11-14-15(18-16-20(14)9-10-21-16)19-8-4-6-12-5-2-3-7-13(12)19/h9-10,12-13,17H,2-8,11H2,1H3. The van der Waals surface area contributed by atoms with E-state index in [9.17, 15) is 0 Å². The molecule has 0 aromatic carbocycles. The monoisotopic (exact) mass is 304 g/mol. The van der Waals surface area contributed by atoms with Crippen LogP contribution in [-0.2, 0) is 6.54 Å². The fraction of sp³-hybridized carbons (Fsp3) is 0.688. The number of aromatic nitrogens is 2.